The molecule has 3 nitrogen and oxygen atoms in total. The first-order chi connectivity index (χ1) is 10.1. The van der Waals surface area contributed by atoms with Crippen molar-refractivity contribution in [2.24, 2.45) is 0 Å². The Bertz CT molecular complexity index is 630. The molecule has 21 heavy (non-hydrogen) atoms. The fourth-order valence-corrected chi connectivity index (χ4v) is 3.58. The Morgan fingerprint density at radius 2 is 2.14 bits per heavy atom. The number of nitrogens with one attached hydrogen (secondary N) is 2. The van der Waals surface area contributed by atoms with Gasteiger partial charge in [-0.25, -0.2) is 0 Å². The summed E-state index contributed by atoms with van der Waals surface area (Å²) in [6.07, 6.45) is 0.819. The summed E-state index contributed by atoms with van der Waals surface area (Å²) in [5.74, 6) is -0.107. The zero-order valence-electron chi connectivity index (χ0n) is 11.6. The van der Waals surface area contributed by atoms with E-state index in [1.807, 2.05) is 19.1 Å². The molecule has 0 spiro atoms. The summed E-state index contributed by atoms with van der Waals surface area (Å²) < 4.78 is 1.10. The van der Waals surface area contributed by atoms with Gasteiger partial charge in [0, 0.05) is 28.7 Å². The Balaban J connectivity index is 1.97. The van der Waals surface area contributed by atoms with Crippen molar-refractivity contribution in [1.82, 2.24) is 5.32 Å². The first-order valence-electron chi connectivity index (χ1n) is 6.66. The van der Waals surface area contributed by atoms with Crippen LogP contribution < -0.4 is 10.6 Å². The van der Waals surface area contributed by atoms with Crippen LogP contribution >= 0.6 is 38.9 Å². The number of anilines is 1. The highest BCUT2D eigenvalue weighted by molar-refractivity contribution is 9.11. The first-order valence-corrected chi connectivity index (χ1v) is 8.64. The second kappa shape index (κ2) is 7.82. The van der Waals surface area contributed by atoms with Gasteiger partial charge in [0.2, 0.25) is 0 Å². The summed E-state index contributed by atoms with van der Waals surface area (Å²) >= 11 is 11.1. The highest BCUT2D eigenvalue weighted by Gasteiger charge is 2.11. The molecule has 0 atom stereocenters. The van der Waals surface area contributed by atoms with Crippen LogP contribution in [-0.2, 0) is 6.42 Å². The smallest absolute Gasteiger partial charge is 0.253 e. The van der Waals surface area contributed by atoms with Gasteiger partial charge in [-0.2, -0.15) is 0 Å². The number of thiophene rings is 1. The normalized spacial score (nSPS) is 10.4. The Kier molecular flexibility index (Phi) is 6.08. The molecular formula is C15H16BrClN2OS. The van der Waals surface area contributed by atoms with Crippen molar-refractivity contribution < 1.29 is 4.79 Å². The van der Waals surface area contributed by atoms with E-state index in [0.717, 1.165) is 22.4 Å². The number of hydrogen-bond acceptors (Lipinski definition) is 3. The largest absolute Gasteiger partial charge is 0.385 e. The first kappa shape index (κ1) is 16.3. The quantitative estimate of drug-likeness (QED) is 0.762. The molecule has 1 aromatic carbocycles. The van der Waals surface area contributed by atoms with Crippen LogP contribution in [0.2, 0.25) is 5.02 Å². The molecule has 1 aromatic heterocycles. The third-order valence-corrected chi connectivity index (χ3v) is 4.80. The third-order valence-electron chi connectivity index (χ3n) is 2.88. The molecule has 0 bridgehead atoms. The van der Waals surface area contributed by atoms with Crippen LogP contribution in [0, 0.1) is 0 Å². The van der Waals surface area contributed by atoms with Gasteiger partial charge >= 0.3 is 0 Å². The Morgan fingerprint density at radius 1 is 1.33 bits per heavy atom. The third kappa shape index (κ3) is 4.73. The van der Waals surface area contributed by atoms with E-state index in [-0.39, 0.29) is 5.91 Å². The molecule has 0 aliphatic heterocycles. The number of hydrogen-bond donors (Lipinski definition) is 2. The van der Waals surface area contributed by atoms with Crippen molar-refractivity contribution in [3.8, 4) is 0 Å². The van der Waals surface area contributed by atoms with Gasteiger partial charge < -0.3 is 10.6 Å². The topological polar surface area (TPSA) is 41.1 Å². The van der Waals surface area contributed by atoms with Crippen LogP contribution in [0.4, 0.5) is 5.69 Å². The maximum atomic E-state index is 12.3. The monoisotopic (exact) mass is 386 g/mol. The van der Waals surface area contributed by atoms with Gasteiger partial charge in [-0.15, -0.1) is 11.3 Å². The average Bonchev–Trinajstić information content (AvgIpc) is 2.86. The molecule has 1 amide bonds. The molecule has 2 N–H and O–H groups in total. The zero-order valence-corrected chi connectivity index (χ0v) is 14.7. The van der Waals surface area contributed by atoms with Gasteiger partial charge in [0.05, 0.1) is 9.35 Å². The molecule has 0 fully saturated rings. The molecule has 6 heteroatoms. The summed E-state index contributed by atoms with van der Waals surface area (Å²) in [5, 5.41) is 6.67. The minimum atomic E-state index is -0.107. The molecular weight excluding hydrogens is 372 g/mol. The van der Waals surface area contributed by atoms with Crippen LogP contribution in [0.1, 0.15) is 22.2 Å². The number of amides is 1. The average molecular weight is 388 g/mol. The predicted molar refractivity (Wildman–Crippen MR) is 93.7 cm³/mol. The fourth-order valence-electron chi connectivity index (χ4n) is 1.93. The summed E-state index contributed by atoms with van der Waals surface area (Å²) in [4.78, 5) is 13.5. The number of benzene rings is 1. The van der Waals surface area contributed by atoms with Crippen molar-refractivity contribution >= 4 is 50.5 Å². The van der Waals surface area contributed by atoms with E-state index in [4.69, 9.17) is 11.6 Å². The van der Waals surface area contributed by atoms with Crippen LogP contribution in [0.5, 0.6) is 0 Å². The predicted octanol–water partition coefficient (Wildman–Crippen LogP) is 4.57. The molecule has 0 radical (unpaired) electrons. The standard InChI is InChI=1S/C15H16BrClN2OS/c1-2-18-13-5-3-10(17)9-12(13)15(20)19-8-7-11-4-6-14(16)21-11/h3-6,9,18H,2,7-8H2,1H3,(H,19,20). The van der Waals surface area contributed by atoms with Crippen LogP contribution in [-0.4, -0.2) is 19.0 Å². The number of carbonyl (C=O) groups is 1. The van der Waals surface area contributed by atoms with Gasteiger partial charge in [0.25, 0.3) is 5.91 Å². The molecule has 0 saturated heterocycles. The van der Waals surface area contributed by atoms with Gasteiger partial charge in [0.1, 0.15) is 0 Å². The Hall–Kier alpha value is -1.04. The summed E-state index contributed by atoms with van der Waals surface area (Å²) in [6, 6.07) is 9.37. The number of halogens is 2. The molecule has 0 saturated carbocycles. The van der Waals surface area contributed by atoms with E-state index in [1.54, 1.807) is 23.5 Å². The SMILES string of the molecule is CCNc1ccc(Cl)cc1C(=O)NCCc1ccc(Br)s1. The summed E-state index contributed by atoms with van der Waals surface area (Å²) in [7, 11) is 0. The highest BCUT2D eigenvalue weighted by Crippen LogP contribution is 2.23. The second-order valence-corrected chi connectivity index (χ2v) is 7.42. The molecule has 0 aliphatic carbocycles. The van der Waals surface area contributed by atoms with E-state index in [1.165, 1.54) is 4.88 Å². The lowest BCUT2D eigenvalue weighted by Gasteiger charge is -2.11. The minimum absolute atomic E-state index is 0.107. The molecule has 0 unspecified atom stereocenters. The lowest BCUT2D eigenvalue weighted by atomic mass is 10.1. The number of rotatable bonds is 6. The van der Waals surface area contributed by atoms with Crippen molar-refractivity contribution in [2.75, 3.05) is 18.4 Å². The van der Waals surface area contributed by atoms with Crippen molar-refractivity contribution in [1.29, 1.82) is 0 Å². The van der Waals surface area contributed by atoms with Crippen molar-refractivity contribution in [3.05, 3.63) is 49.6 Å². The maximum absolute atomic E-state index is 12.3. The van der Waals surface area contributed by atoms with Gasteiger partial charge in [-0.05, 0) is 59.6 Å². The van der Waals surface area contributed by atoms with E-state index in [2.05, 4.69) is 32.6 Å². The van der Waals surface area contributed by atoms with Crippen LogP contribution in [0.25, 0.3) is 0 Å². The zero-order chi connectivity index (χ0) is 15.2. The minimum Gasteiger partial charge on any atom is -0.385 e. The molecule has 112 valence electrons. The van der Waals surface area contributed by atoms with E-state index >= 15 is 0 Å². The molecule has 2 aromatic rings. The lowest BCUT2D eigenvalue weighted by molar-refractivity contribution is 0.0955. The van der Waals surface area contributed by atoms with Crippen molar-refractivity contribution in [2.45, 2.75) is 13.3 Å². The summed E-state index contributed by atoms with van der Waals surface area (Å²) in [5.41, 5.74) is 1.38. The van der Waals surface area contributed by atoms with E-state index in [0.29, 0.717) is 17.1 Å². The van der Waals surface area contributed by atoms with Crippen molar-refractivity contribution in [3.63, 3.8) is 0 Å². The van der Waals surface area contributed by atoms with Gasteiger partial charge in [0.15, 0.2) is 0 Å². The second-order valence-electron chi connectivity index (χ2n) is 4.43. The highest BCUT2D eigenvalue weighted by atomic mass is 79.9. The van der Waals surface area contributed by atoms with Gasteiger partial charge in [-0.3, -0.25) is 4.79 Å². The fraction of sp³-hybridized carbons (Fsp3) is 0.267. The lowest BCUT2D eigenvalue weighted by Crippen LogP contribution is -2.26. The molecule has 2 rings (SSSR count). The van der Waals surface area contributed by atoms with E-state index < -0.39 is 0 Å². The maximum Gasteiger partial charge on any atom is 0.253 e. The molecule has 0 aliphatic rings. The Morgan fingerprint density at radius 3 is 2.81 bits per heavy atom. The summed E-state index contributed by atoms with van der Waals surface area (Å²) in [6.45, 7) is 3.35. The van der Waals surface area contributed by atoms with Crippen LogP contribution in [0.15, 0.2) is 34.1 Å². The Labute approximate surface area is 141 Å². The van der Waals surface area contributed by atoms with E-state index in [9.17, 15) is 4.79 Å². The molecule has 1 heterocycles. The van der Waals surface area contributed by atoms with Crippen LogP contribution in [0.3, 0.4) is 0 Å². The van der Waals surface area contributed by atoms with Gasteiger partial charge in [-0.1, -0.05) is 11.6 Å². The number of carbonyl (C=O) groups excluding carboxylic acids is 1.